The summed E-state index contributed by atoms with van der Waals surface area (Å²) in [4.78, 5) is 6.90. The maximum Gasteiger partial charge on any atom is 0.0709 e. The van der Waals surface area contributed by atoms with Crippen molar-refractivity contribution in [2.45, 2.75) is 75.6 Å². The summed E-state index contributed by atoms with van der Waals surface area (Å²) in [5, 5.41) is 0. The Morgan fingerprint density at radius 1 is 1.09 bits per heavy atom. The summed E-state index contributed by atoms with van der Waals surface area (Å²) in [5.41, 5.74) is 4.32. The third-order valence-corrected chi connectivity index (χ3v) is 6.36. The van der Waals surface area contributed by atoms with Gasteiger partial charge >= 0.3 is 0 Å². The van der Waals surface area contributed by atoms with Crippen LogP contribution in [-0.4, -0.2) is 17.0 Å². The molecule has 1 heterocycles. The van der Waals surface area contributed by atoms with Crippen molar-refractivity contribution in [3.05, 3.63) is 41.5 Å². The Labute approximate surface area is 145 Å². The highest BCUT2D eigenvalue weighted by Gasteiger charge is 2.32. The summed E-state index contributed by atoms with van der Waals surface area (Å²) in [6, 6.07) is 8.91. The van der Waals surface area contributed by atoms with Crippen LogP contribution in [0.2, 0.25) is 0 Å². The van der Waals surface area contributed by atoms with E-state index in [1.54, 1.807) is 0 Å². The third-order valence-electron chi connectivity index (χ3n) is 5.01. The highest BCUT2D eigenvalue weighted by atomic mass is 32.2. The first kappa shape index (κ1) is 16.8. The first-order valence-corrected chi connectivity index (χ1v) is 10.3. The van der Waals surface area contributed by atoms with Crippen molar-refractivity contribution in [2.24, 2.45) is 4.99 Å². The molecular weight excluding hydrogens is 298 g/mol. The molecule has 1 aliphatic heterocycles. The molecule has 0 spiro atoms. The van der Waals surface area contributed by atoms with Crippen LogP contribution in [0.4, 0.5) is 0 Å². The lowest BCUT2D eigenvalue weighted by atomic mass is 9.88. The average molecular weight is 328 g/mol. The molecular formula is C21H29NS. The largest absolute Gasteiger partial charge is 0.277 e. The number of hydrogen-bond donors (Lipinski definition) is 0. The average Bonchev–Trinajstić information content (AvgIpc) is 2.75. The van der Waals surface area contributed by atoms with E-state index in [-0.39, 0.29) is 5.54 Å². The molecule has 124 valence electrons. The fourth-order valence-electron chi connectivity index (χ4n) is 3.94. The zero-order valence-electron chi connectivity index (χ0n) is 14.6. The number of thioether (sulfide) groups is 1. The topological polar surface area (TPSA) is 12.4 Å². The Kier molecular flexibility index (Phi) is 5.63. The molecule has 1 aliphatic carbocycles. The van der Waals surface area contributed by atoms with Gasteiger partial charge in [-0.2, -0.15) is 0 Å². The molecule has 3 rings (SSSR count). The van der Waals surface area contributed by atoms with Gasteiger partial charge in [-0.1, -0.05) is 51.0 Å². The molecule has 1 nitrogen and oxygen atoms in total. The molecule has 0 atom stereocenters. The van der Waals surface area contributed by atoms with E-state index >= 15 is 0 Å². The van der Waals surface area contributed by atoms with Crippen LogP contribution in [-0.2, 0) is 0 Å². The van der Waals surface area contributed by atoms with Crippen molar-refractivity contribution < 1.29 is 0 Å². The van der Waals surface area contributed by atoms with Gasteiger partial charge in [-0.15, -0.1) is 11.8 Å². The predicted octanol–water partition coefficient (Wildman–Crippen LogP) is 6.42. The SMILES string of the molecule is CCCC1(CCC)CSc2ccccc2C(C2=CCCCC2)=N1. The Bertz CT molecular complexity index is 594. The number of aliphatic imine (C=N–C) groups is 1. The molecule has 0 fully saturated rings. The van der Waals surface area contributed by atoms with E-state index in [0.29, 0.717) is 0 Å². The Morgan fingerprint density at radius 3 is 2.57 bits per heavy atom. The minimum Gasteiger partial charge on any atom is -0.277 e. The second-order valence-electron chi connectivity index (χ2n) is 6.94. The molecule has 1 aromatic carbocycles. The minimum absolute atomic E-state index is 0.126. The summed E-state index contributed by atoms with van der Waals surface area (Å²) >= 11 is 2.02. The Hall–Kier alpha value is -1.02. The van der Waals surface area contributed by atoms with Gasteiger partial charge in [0.15, 0.2) is 0 Å². The fourth-order valence-corrected chi connectivity index (χ4v) is 5.21. The second kappa shape index (κ2) is 7.70. The van der Waals surface area contributed by atoms with Crippen LogP contribution in [0.25, 0.3) is 0 Å². The normalized spacial score (nSPS) is 20.3. The van der Waals surface area contributed by atoms with Gasteiger partial charge in [-0.25, -0.2) is 0 Å². The van der Waals surface area contributed by atoms with Gasteiger partial charge in [0.25, 0.3) is 0 Å². The molecule has 0 N–H and O–H groups in total. The number of allylic oxidation sites excluding steroid dienone is 2. The van der Waals surface area contributed by atoms with E-state index in [1.807, 2.05) is 11.8 Å². The molecule has 0 radical (unpaired) electrons. The number of benzene rings is 1. The number of fused-ring (bicyclic) bond motifs is 1. The maximum atomic E-state index is 5.48. The van der Waals surface area contributed by atoms with Crippen LogP contribution in [0.1, 0.15) is 70.8 Å². The third kappa shape index (κ3) is 3.74. The highest BCUT2D eigenvalue weighted by molar-refractivity contribution is 7.99. The highest BCUT2D eigenvalue weighted by Crippen LogP contribution is 2.39. The predicted molar refractivity (Wildman–Crippen MR) is 103 cm³/mol. The van der Waals surface area contributed by atoms with Gasteiger partial charge < -0.3 is 0 Å². The van der Waals surface area contributed by atoms with Crippen molar-refractivity contribution in [3.63, 3.8) is 0 Å². The van der Waals surface area contributed by atoms with Crippen LogP contribution >= 0.6 is 11.8 Å². The molecule has 0 saturated carbocycles. The first-order valence-electron chi connectivity index (χ1n) is 9.29. The fraction of sp³-hybridized carbons (Fsp3) is 0.571. The van der Waals surface area contributed by atoms with Crippen molar-refractivity contribution in [2.75, 3.05) is 5.75 Å². The summed E-state index contributed by atoms with van der Waals surface area (Å²) in [5.74, 6) is 1.13. The summed E-state index contributed by atoms with van der Waals surface area (Å²) in [7, 11) is 0. The smallest absolute Gasteiger partial charge is 0.0709 e. The lowest BCUT2D eigenvalue weighted by molar-refractivity contribution is 0.404. The van der Waals surface area contributed by atoms with Crippen molar-refractivity contribution in [1.82, 2.24) is 0 Å². The van der Waals surface area contributed by atoms with E-state index in [1.165, 1.54) is 73.1 Å². The summed E-state index contributed by atoms with van der Waals surface area (Å²) in [6.07, 6.45) is 12.4. The maximum absolute atomic E-state index is 5.48. The lowest BCUT2D eigenvalue weighted by Crippen LogP contribution is -2.30. The van der Waals surface area contributed by atoms with E-state index < -0.39 is 0 Å². The Balaban J connectivity index is 2.09. The Morgan fingerprint density at radius 2 is 1.87 bits per heavy atom. The molecule has 0 aromatic heterocycles. The van der Waals surface area contributed by atoms with Crippen LogP contribution in [0.3, 0.4) is 0 Å². The molecule has 2 aliphatic rings. The minimum atomic E-state index is 0.126. The van der Waals surface area contributed by atoms with E-state index in [9.17, 15) is 0 Å². The monoisotopic (exact) mass is 327 g/mol. The van der Waals surface area contributed by atoms with E-state index in [4.69, 9.17) is 4.99 Å². The zero-order valence-corrected chi connectivity index (χ0v) is 15.4. The van der Waals surface area contributed by atoms with Crippen molar-refractivity contribution >= 4 is 17.5 Å². The van der Waals surface area contributed by atoms with Crippen molar-refractivity contribution in [3.8, 4) is 0 Å². The standard InChI is InChI=1S/C21H29NS/c1-3-14-21(15-4-2)16-23-19-13-9-8-12-18(19)20(22-21)17-10-6-5-7-11-17/h8-10,12-13H,3-7,11,14-16H2,1-2H3. The van der Waals surface area contributed by atoms with Crippen LogP contribution in [0.5, 0.6) is 0 Å². The van der Waals surface area contributed by atoms with Crippen LogP contribution in [0, 0.1) is 0 Å². The molecule has 2 heteroatoms. The molecule has 0 bridgehead atoms. The molecule has 1 aromatic rings. The van der Waals surface area contributed by atoms with E-state index in [0.717, 1.165) is 5.75 Å². The summed E-state index contributed by atoms with van der Waals surface area (Å²) < 4.78 is 0. The molecule has 0 amide bonds. The number of nitrogens with zero attached hydrogens (tertiary/aromatic N) is 1. The number of hydrogen-bond acceptors (Lipinski definition) is 2. The number of rotatable bonds is 5. The first-order chi connectivity index (χ1) is 11.3. The van der Waals surface area contributed by atoms with E-state index in [2.05, 4.69) is 44.2 Å². The van der Waals surface area contributed by atoms with Crippen molar-refractivity contribution in [1.29, 1.82) is 0 Å². The van der Waals surface area contributed by atoms with Gasteiger partial charge in [0, 0.05) is 16.2 Å². The molecule has 0 saturated heterocycles. The van der Waals surface area contributed by atoms with Gasteiger partial charge in [0.1, 0.15) is 0 Å². The van der Waals surface area contributed by atoms with Gasteiger partial charge in [-0.3, -0.25) is 4.99 Å². The van der Waals surface area contributed by atoms with Gasteiger partial charge in [-0.05, 0) is 50.2 Å². The lowest BCUT2D eigenvalue weighted by Gasteiger charge is -2.29. The van der Waals surface area contributed by atoms with Crippen LogP contribution in [0.15, 0.2) is 45.8 Å². The molecule has 0 unspecified atom stereocenters. The summed E-state index contributed by atoms with van der Waals surface area (Å²) in [6.45, 7) is 4.60. The zero-order chi connectivity index (χ0) is 16.1. The van der Waals surface area contributed by atoms with Gasteiger partial charge in [0.05, 0.1) is 11.3 Å². The molecule has 23 heavy (non-hydrogen) atoms. The quantitative estimate of drug-likeness (QED) is 0.607. The second-order valence-corrected chi connectivity index (χ2v) is 7.96. The van der Waals surface area contributed by atoms with Gasteiger partial charge in [0.2, 0.25) is 0 Å². The van der Waals surface area contributed by atoms with Crippen LogP contribution < -0.4 is 0 Å².